The lowest BCUT2D eigenvalue weighted by molar-refractivity contribution is -0.139. The summed E-state index contributed by atoms with van der Waals surface area (Å²) >= 11 is 0. The number of carbonyl (C=O) groups is 2. The standard InChI is InChI=1S/C31H37N3O5S/c1-23-13-19-29(20-14-23)40(37,38)34(27-15-17-28(39-3)18-16-27)22-30(35)33(21-25-9-5-4-6-10-25)24(2)31(36)32-26-11-7-8-12-26/h4-6,9-10,13-20,24,26H,7-8,11-12,21-22H2,1-3H3,(H,32,36)/t24-/m1/s1. The molecule has 4 rings (SSSR count). The fourth-order valence-electron chi connectivity index (χ4n) is 4.87. The number of nitrogens with one attached hydrogen (secondary N) is 1. The zero-order valence-corrected chi connectivity index (χ0v) is 24.1. The van der Waals surface area contributed by atoms with Crippen molar-refractivity contribution in [3.05, 3.63) is 90.0 Å². The Hall–Kier alpha value is -3.85. The first kappa shape index (κ1) is 29.1. The molecule has 9 heteroatoms. The molecule has 1 atom stereocenters. The van der Waals surface area contributed by atoms with E-state index in [-0.39, 0.29) is 23.4 Å². The van der Waals surface area contributed by atoms with E-state index in [4.69, 9.17) is 4.74 Å². The van der Waals surface area contributed by atoms with Crippen LogP contribution in [-0.4, -0.2) is 50.9 Å². The molecule has 1 aliphatic rings. The topological polar surface area (TPSA) is 96.0 Å². The van der Waals surface area contributed by atoms with Crippen molar-refractivity contribution in [1.82, 2.24) is 10.2 Å². The Kier molecular flexibility index (Phi) is 9.47. The normalized spacial score (nSPS) is 14.4. The minimum absolute atomic E-state index is 0.0725. The van der Waals surface area contributed by atoms with Crippen LogP contribution in [0.25, 0.3) is 0 Å². The van der Waals surface area contributed by atoms with Crippen LogP contribution in [0.5, 0.6) is 5.75 Å². The number of amides is 2. The summed E-state index contributed by atoms with van der Waals surface area (Å²) in [7, 11) is -2.59. The Bertz CT molecular complexity index is 1390. The highest BCUT2D eigenvalue weighted by Crippen LogP contribution is 2.27. The molecule has 0 spiro atoms. The molecule has 212 valence electrons. The van der Waals surface area contributed by atoms with Gasteiger partial charge >= 0.3 is 0 Å². The molecule has 3 aromatic carbocycles. The van der Waals surface area contributed by atoms with Gasteiger partial charge in [-0.3, -0.25) is 13.9 Å². The van der Waals surface area contributed by atoms with Gasteiger partial charge in [0.1, 0.15) is 18.3 Å². The first-order valence-electron chi connectivity index (χ1n) is 13.6. The van der Waals surface area contributed by atoms with Crippen LogP contribution in [0.2, 0.25) is 0 Å². The summed E-state index contributed by atoms with van der Waals surface area (Å²) in [5, 5.41) is 3.08. The predicted molar refractivity (Wildman–Crippen MR) is 156 cm³/mol. The lowest BCUT2D eigenvalue weighted by atomic mass is 10.1. The molecule has 1 saturated carbocycles. The molecule has 8 nitrogen and oxygen atoms in total. The minimum atomic E-state index is -4.11. The highest BCUT2D eigenvalue weighted by molar-refractivity contribution is 7.92. The van der Waals surface area contributed by atoms with Crippen LogP contribution in [0.3, 0.4) is 0 Å². The number of hydrogen-bond donors (Lipinski definition) is 1. The molecule has 3 aromatic rings. The molecule has 40 heavy (non-hydrogen) atoms. The second kappa shape index (κ2) is 13.0. The SMILES string of the molecule is COc1ccc(N(CC(=O)N(Cc2ccccc2)[C@H](C)C(=O)NC2CCCC2)S(=O)(=O)c2ccc(C)cc2)cc1. The fraction of sp³-hybridized carbons (Fsp3) is 0.355. The third kappa shape index (κ3) is 7.01. The molecule has 0 radical (unpaired) electrons. The van der Waals surface area contributed by atoms with Gasteiger partial charge in [-0.2, -0.15) is 0 Å². The molecule has 0 aromatic heterocycles. The van der Waals surface area contributed by atoms with Crippen LogP contribution in [0.4, 0.5) is 5.69 Å². The second-order valence-electron chi connectivity index (χ2n) is 10.2. The van der Waals surface area contributed by atoms with E-state index in [0.29, 0.717) is 11.4 Å². The molecule has 2 amide bonds. The van der Waals surface area contributed by atoms with E-state index < -0.39 is 28.5 Å². The van der Waals surface area contributed by atoms with Crippen molar-refractivity contribution < 1.29 is 22.7 Å². The first-order chi connectivity index (χ1) is 19.2. The quantitative estimate of drug-likeness (QED) is 0.366. The number of aryl methyl sites for hydroxylation is 1. The van der Waals surface area contributed by atoms with Gasteiger partial charge in [0.25, 0.3) is 10.0 Å². The van der Waals surface area contributed by atoms with E-state index in [9.17, 15) is 18.0 Å². The van der Waals surface area contributed by atoms with Crippen molar-refractivity contribution in [2.75, 3.05) is 18.0 Å². The van der Waals surface area contributed by atoms with Crippen LogP contribution >= 0.6 is 0 Å². The summed E-state index contributed by atoms with van der Waals surface area (Å²) in [6, 6.07) is 21.7. The van der Waals surface area contributed by atoms with Gasteiger partial charge in [0.2, 0.25) is 11.8 Å². The number of sulfonamides is 1. The Balaban J connectivity index is 1.67. The van der Waals surface area contributed by atoms with E-state index in [1.165, 1.54) is 24.1 Å². The Morgan fingerprint density at radius 1 is 0.950 bits per heavy atom. The van der Waals surface area contributed by atoms with Crippen LogP contribution < -0.4 is 14.4 Å². The highest BCUT2D eigenvalue weighted by atomic mass is 32.2. The molecule has 0 aliphatic heterocycles. The average molecular weight is 564 g/mol. The highest BCUT2D eigenvalue weighted by Gasteiger charge is 2.33. The van der Waals surface area contributed by atoms with E-state index in [1.807, 2.05) is 37.3 Å². The van der Waals surface area contributed by atoms with Crippen molar-refractivity contribution >= 4 is 27.5 Å². The average Bonchev–Trinajstić information content (AvgIpc) is 3.48. The summed E-state index contributed by atoms with van der Waals surface area (Å²) in [4.78, 5) is 28.8. The number of hydrogen-bond acceptors (Lipinski definition) is 5. The molecular weight excluding hydrogens is 526 g/mol. The molecule has 1 fully saturated rings. The van der Waals surface area contributed by atoms with E-state index in [2.05, 4.69) is 5.32 Å². The van der Waals surface area contributed by atoms with Crippen LogP contribution in [-0.2, 0) is 26.2 Å². The van der Waals surface area contributed by atoms with Crippen molar-refractivity contribution in [3.63, 3.8) is 0 Å². The van der Waals surface area contributed by atoms with Gasteiger partial charge in [0.15, 0.2) is 0 Å². The van der Waals surface area contributed by atoms with Gasteiger partial charge in [-0.1, -0.05) is 60.9 Å². The number of anilines is 1. The fourth-order valence-corrected chi connectivity index (χ4v) is 6.28. The largest absolute Gasteiger partial charge is 0.497 e. The third-order valence-corrected chi connectivity index (χ3v) is 9.10. The summed E-state index contributed by atoms with van der Waals surface area (Å²) in [6.45, 7) is 3.26. The summed E-state index contributed by atoms with van der Waals surface area (Å²) in [5.74, 6) is -0.163. The maximum absolute atomic E-state index is 14.0. The first-order valence-corrected chi connectivity index (χ1v) is 15.0. The van der Waals surface area contributed by atoms with Crippen LogP contribution in [0.15, 0.2) is 83.8 Å². The molecule has 0 bridgehead atoms. The van der Waals surface area contributed by atoms with Gasteiger partial charge in [0, 0.05) is 12.6 Å². The summed E-state index contributed by atoms with van der Waals surface area (Å²) < 4.78 is 34.1. The molecule has 0 heterocycles. The lowest BCUT2D eigenvalue weighted by Crippen LogP contribution is -2.52. The second-order valence-corrected chi connectivity index (χ2v) is 12.1. The minimum Gasteiger partial charge on any atom is -0.497 e. The number of carbonyl (C=O) groups excluding carboxylic acids is 2. The summed E-state index contributed by atoms with van der Waals surface area (Å²) in [5.41, 5.74) is 2.08. The lowest BCUT2D eigenvalue weighted by Gasteiger charge is -2.32. The van der Waals surface area contributed by atoms with Gasteiger partial charge < -0.3 is 15.0 Å². The van der Waals surface area contributed by atoms with E-state index in [1.54, 1.807) is 43.3 Å². The molecular formula is C31H37N3O5S. The number of methoxy groups -OCH3 is 1. The Morgan fingerprint density at radius 3 is 2.17 bits per heavy atom. The van der Waals surface area contributed by atoms with Crippen LogP contribution in [0, 0.1) is 6.92 Å². The maximum atomic E-state index is 14.0. The van der Waals surface area contributed by atoms with E-state index >= 15 is 0 Å². The zero-order valence-electron chi connectivity index (χ0n) is 23.2. The van der Waals surface area contributed by atoms with Gasteiger partial charge in [0.05, 0.1) is 17.7 Å². The molecule has 1 N–H and O–H groups in total. The Morgan fingerprint density at radius 2 is 1.57 bits per heavy atom. The Labute approximate surface area is 237 Å². The zero-order chi connectivity index (χ0) is 28.7. The van der Waals surface area contributed by atoms with Gasteiger partial charge in [-0.25, -0.2) is 8.42 Å². The number of nitrogens with zero attached hydrogens (tertiary/aromatic N) is 2. The van der Waals surface area contributed by atoms with Crippen molar-refractivity contribution in [2.45, 2.75) is 63.1 Å². The number of ether oxygens (including phenoxy) is 1. The smallest absolute Gasteiger partial charge is 0.264 e. The van der Waals surface area contributed by atoms with Gasteiger partial charge in [-0.05, 0) is 68.7 Å². The molecule has 0 saturated heterocycles. The predicted octanol–water partition coefficient (Wildman–Crippen LogP) is 4.68. The number of rotatable bonds is 11. The monoisotopic (exact) mass is 563 g/mol. The molecule has 0 unspecified atom stereocenters. The van der Waals surface area contributed by atoms with Crippen molar-refractivity contribution in [3.8, 4) is 5.75 Å². The maximum Gasteiger partial charge on any atom is 0.264 e. The van der Waals surface area contributed by atoms with Crippen molar-refractivity contribution in [2.24, 2.45) is 0 Å². The summed E-state index contributed by atoms with van der Waals surface area (Å²) in [6.07, 6.45) is 3.98. The third-order valence-electron chi connectivity index (χ3n) is 7.31. The van der Waals surface area contributed by atoms with Crippen molar-refractivity contribution in [1.29, 1.82) is 0 Å². The van der Waals surface area contributed by atoms with Crippen LogP contribution in [0.1, 0.15) is 43.7 Å². The number of benzene rings is 3. The van der Waals surface area contributed by atoms with E-state index in [0.717, 1.165) is 41.1 Å². The van der Waals surface area contributed by atoms with Gasteiger partial charge in [-0.15, -0.1) is 0 Å². The molecule has 1 aliphatic carbocycles.